The number of amides is 2. The first kappa shape index (κ1) is 13.5. The van der Waals surface area contributed by atoms with Crippen LogP contribution in [-0.4, -0.2) is 23.9 Å². The molecule has 0 saturated carbocycles. The van der Waals surface area contributed by atoms with Gasteiger partial charge in [0.25, 0.3) is 11.8 Å². The van der Waals surface area contributed by atoms with E-state index in [1.54, 1.807) is 0 Å². The van der Waals surface area contributed by atoms with Crippen LogP contribution >= 0.6 is 15.9 Å². The molecule has 4 rings (SSSR count). The molecule has 22 heavy (non-hydrogen) atoms. The van der Waals surface area contributed by atoms with E-state index >= 15 is 0 Å². The Morgan fingerprint density at radius 1 is 0.955 bits per heavy atom. The number of piperazine rings is 1. The topological polar surface area (TPSA) is 40.4 Å². The zero-order valence-corrected chi connectivity index (χ0v) is 13.4. The lowest BCUT2D eigenvalue weighted by Gasteiger charge is -2.21. The summed E-state index contributed by atoms with van der Waals surface area (Å²) in [7, 11) is 0. The molecule has 2 aromatic rings. The van der Waals surface area contributed by atoms with Crippen molar-refractivity contribution < 1.29 is 9.59 Å². The van der Waals surface area contributed by atoms with Crippen LogP contribution < -0.4 is 9.80 Å². The quantitative estimate of drug-likeness (QED) is 0.613. The second-order valence-electron chi connectivity index (χ2n) is 5.60. The monoisotopic (exact) mass is 356 g/mol. The summed E-state index contributed by atoms with van der Waals surface area (Å²) in [6, 6.07) is 14.5. The third kappa shape index (κ3) is 1.82. The molecule has 2 fully saturated rings. The number of hydrogen-bond donors (Lipinski definition) is 0. The molecule has 0 aromatic heterocycles. The van der Waals surface area contributed by atoms with Crippen molar-refractivity contribution in [3.8, 4) is 0 Å². The minimum atomic E-state index is -0.358. The molecule has 0 unspecified atom stereocenters. The predicted molar refractivity (Wildman–Crippen MR) is 87.9 cm³/mol. The number of anilines is 2. The Bertz CT molecular complexity index is 769. The fraction of sp³-hybridized carbons (Fsp3) is 0.176. The first-order valence-electron chi connectivity index (χ1n) is 7.07. The van der Waals surface area contributed by atoms with E-state index in [-0.39, 0.29) is 23.9 Å². The van der Waals surface area contributed by atoms with E-state index in [0.717, 1.165) is 15.7 Å². The van der Waals surface area contributed by atoms with Crippen LogP contribution in [0, 0.1) is 6.92 Å². The lowest BCUT2D eigenvalue weighted by atomic mass is 10.2. The van der Waals surface area contributed by atoms with Gasteiger partial charge in [-0.1, -0.05) is 24.3 Å². The van der Waals surface area contributed by atoms with Crippen molar-refractivity contribution in [1.82, 2.24) is 0 Å². The summed E-state index contributed by atoms with van der Waals surface area (Å²) in [5.41, 5.74) is 2.62. The summed E-state index contributed by atoms with van der Waals surface area (Å²) in [4.78, 5) is 28.4. The van der Waals surface area contributed by atoms with Crippen molar-refractivity contribution in [2.45, 2.75) is 19.0 Å². The molecule has 2 heterocycles. The highest BCUT2D eigenvalue weighted by atomic mass is 79.9. The highest BCUT2D eigenvalue weighted by molar-refractivity contribution is 9.10. The van der Waals surface area contributed by atoms with Gasteiger partial charge in [-0.15, -0.1) is 0 Å². The maximum atomic E-state index is 12.6. The Balaban J connectivity index is 1.66. The van der Waals surface area contributed by atoms with Crippen LogP contribution in [0.5, 0.6) is 0 Å². The molecule has 2 atom stereocenters. The Morgan fingerprint density at radius 2 is 1.59 bits per heavy atom. The Kier molecular flexibility index (Phi) is 2.87. The van der Waals surface area contributed by atoms with Gasteiger partial charge in [-0.25, -0.2) is 4.90 Å². The van der Waals surface area contributed by atoms with E-state index in [9.17, 15) is 9.59 Å². The van der Waals surface area contributed by atoms with Crippen molar-refractivity contribution in [1.29, 1.82) is 0 Å². The molecule has 2 aliphatic heterocycles. The van der Waals surface area contributed by atoms with E-state index in [4.69, 9.17) is 0 Å². The van der Waals surface area contributed by atoms with Gasteiger partial charge in [0.15, 0.2) is 0 Å². The fourth-order valence-electron chi connectivity index (χ4n) is 3.06. The number of imide groups is 1. The molecule has 110 valence electrons. The maximum Gasteiger partial charge on any atom is 0.259 e. The Hall–Kier alpha value is -2.14. The number of nitrogens with zero attached hydrogens (tertiary/aromatic N) is 2. The standard InChI is InChI=1S/C17H13BrN2O2/c1-10-7-8-13(12(18)9-10)20-16(21)14-15(17(20)22)19(14)11-5-3-2-4-6-11/h2-9,14-15H,1H3/t14-,15+,19?. The number of hydrogen-bond acceptors (Lipinski definition) is 3. The minimum absolute atomic E-state index is 0.150. The first-order chi connectivity index (χ1) is 10.6. The van der Waals surface area contributed by atoms with Gasteiger partial charge in [-0.2, -0.15) is 0 Å². The molecule has 2 amide bonds. The zero-order chi connectivity index (χ0) is 15.4. The molecule has 2 aromatic carbocycles. The summed E-state index contributed by atoms with van der Waals surface area (Å²) in [6.07, 6.45) is 0. The van der Waals surface area contributed by atoms with Crippen molar-refractivity contribution in [2.24, 2.45) is 0 Å². The predicted octanol–water partition coefficient (Wildman–Crippen LogP) is 2.89. The van der Waals surface area contributed by atoms with Crippen LogP contribution in [0.1, 0.15) is 5.56 Å². The molecule has 0 spiro atoms. The van der Waals surface area contributed by atoms with E-state index in [0.29, 0.717) is 5.69 Å². The van der Waals surface area contributed by atoms with Crippen LogP contribution in [0.2, 0.25) is 0 Å². The van der Waals surface area contributed by atoms with Crippen molar-refractivity contribution in [2.75, 3.05) is 9.80 Å². The minimum Gasteiger partial charge on any atom is -0.343 e. The lowest BCUT2D eigenvalue weighted by molar-refractivity contribution is -0.122. The van der Waals surface area contributed by atoms with Gasteiger partial charge in [-0.3, -0.25) is 9.59 Å². The van der Waals surface area contributed by atoms with Gasteiger partial charge < -0.3 is 4.90 Å². The molecule has 0 radical (unpaired) electrons. The van der Waals surface area contributed by atoms with Crippen LogP contribution in [0.3, 0.4) is 0 Å². The number of carbonyl (C=O) groups is 2. The van der Waals surface area contributed by atoms with Crippen LogP contribution in [0.15, 0.2) is 53.0 Å². The average Bonchev–Trinajstić information content (AvgIpc) is 3.20. The number of aryl methyl sites for hydroxylation is 1. The number of para-hydroxylation sites is 1. The summed E-state index contributed by atoms with van der Waals surface area (Å²) < 4.78 is 0.766. The fourth-order valence-corrected chi connectivity index (χ4v) is 3.74. The van der Waals surface area contributed by atoms with E-state index in [2.05, 4.69) is 15.9 Å². The van der Waals surface area contributed by atoms with Gasteiger partial charge in [0.1, 0.15) is 12.1 Å². The number of benzene rings is 2. The molecule has 0 bridgehead atoms. The number of rotatable bonds is 2. The second kappa shape index (κ2) is 4.68. The van der Waals surface area contributed by atoms with E-state index in [1.165, 1.54) is 4.90 Å². The third-order valence-corrected chi connectivity index (χ3v) is 4.79. The summed E-state index contributed by atoms with van der Waals surface area (Å²) in [5.74, 6) is -0.299. The molecule has 0 N–H and O–H groups in total. The second-order valence-corrected chi connectivity index (χ2v) is 6.45. The first-order valence-corrected chi connectivity index (χ1v) is 7.86. The van der Waals surface area contributed by atoms with Gasteiger partial charge in [-0.05, 0) is 52.7 Å². The normalized spacial score (nSPS) is 23.0. The summed E-state index contributed by atoms with van der Waals surface area (Å²) in [6.45, 7) is 1.97. The largest absolute Gasteiger partial charge is 0.343 e. The highest BCUT2D eigenvalue weighted by Gasteiger charge is 2.66. The smallest absolute Gasteiger partial charge is 0.259 e. The number of halogens is 1. The molecule has 5 heteroatoms. The van der Waals surface area contributed by atoms with Crippen molar-refractivity contribution >= 4 is 39.1 Å². The number of fused-ring (bicyclic) bond motifs is 1. The molecular formula is C17H13BrN2O2. The summed E-state index contributed by atoms with van der Waals surface area (Å²) >= 11 is 3.45. The van der Waals surface area contributed by atoms with Gasteiger partial charge in [0.05, 0.1) is 5.69 Å². The van der Waals surface area contributed by atoms with Crippen molar-refractivity contribution in [3.63, 3.8) is 0 Å². The van der Waals surface area contributed by atoms with Crippen molar-refractivity contribution in [3.05, 3.63) is 58.6 Å². The van der Waals surface area contributed by atoms with Gasteiger partial charge in [0, 0.05) is 10.2 Å². The van der Waals surface area contributed by atoms with E-state index in [1.807, 2.05) is 60.4 Å². The van der Waals surface area contributed by atoms with Crippen LogP contribution in [-0.2, 0) is 9.59 Å². The molecule has 4 nitrogen and oxygen atoms in total. The summed E-state index contributed by atoms with van der Waals surface area (Å²) in [5, 5.41) is 0. The third-order valence-electron chi connectivity index (χ3n) is 4.15. The average molecular weight is 357 g/mol. The Morgan fingerprint density at radius 3 is 2.18 bits per heavy atom. The lowest BCUT2D eigenvalue weighted by Crippen LogP contribution is -2.39. The zero-order valence-electron chi connectivity index (χ0n) is 11.9. The molecule has 2 aliphatic rings. The number of carbonyl (C=O) groups excluding carboxylic acids is 2. The van der Waals surface area contributed by atoms with E-state index < -0.39 is 0 Å². The molecule has 2 saturated heterocycles. The van der Waals surface area contributed by atoms with Crippen LogP contribution in [0.4, 0.5) is 11.4 Å². The molecular weight excluding hydrogens is 344 g/mol. The maximum absolute atomic E-state index is 12.6. The molecule has 0 aliphatic carbocycles. The van der Waals surface area contributed by atoms with Gasteiger partial charge in [0.2, 0.25) is 0 Å². The Labute approximate surface area is 136 Å². The van der Waals surface area contributed by atoms with Crippen LogP contribution in [0.25, 0.3) is 0 Å². The van der Waals surface area contributed by atoms with Gasteiger partial charge >= 0.3 is 0 Å². The highest BCUT2D eigenvalue weighted by Crippen LogP contribution is 2.44. The SMILES string of the molecule is Cc1ccc(N2C(=O)[C@@H]3[C@H](C2=O)N3c2ccccc2)c(Br)c1.